The maximum absolute atomic E-state index is 13.6. The van der Waals surface area contributed by atoms with Crippen LogP contribution in [-0.2, 0) is 16.0 Å². The number of thiazole rings is 2. The molecule has 0 N–H and O–H groups in total. The molecule has 1 saturated heterocycles. The molecule has 4 aromatic rings. The van der Waals surface area contributed by atoms with Crippen LogP contribution in [0.5, 0.6) is 0 Å². The van der Waals surface area contributed by atoms with Crippen LogP contribution in [0.25, 0.3) is 21.5 Å². The summed E-state index contributed by atoms with van der Waals surface area (Å²) in [4.78, 5) is 25.6. The van der Waals surface area contributed by atoms with Gasteiger partial charge in [0.15, 0.2) is 5.13 Å². The van der Waals surface area contributed by atoms with Crippen molar-refractivity contribution in [1.82, 2.24) is 9.97 Å². The van der Waals surface area contributed by atoms with Crippen LogP contribution < -0.4 is 4.90 Å². The molecular formula is C24H22FN3O2S2. The lowest BCUT2D eigenvalue weighted by Crippen LogP contribution is -2.38. The Morgan fingerprint density at radius 3 is 2.72 bits per heavy atom. The summed E-state index contributed by atoms with van der Waals surface area (Å²) in [5.74, 6) is -0.330. The van der Waals surface area contributed by atoms with Gasteiger partial charge in [0.2, 0.25) is 5.91 Å². The Kier molecular flexibility index (Phi) is 5.99. The van der Waals surface area contributed by atoms with E-state index in [4.69, 9.17) is 9.72 Å². The van der Waals surface area contributed by atoms with Gasteiger partial charge in [-0.3, -0.25) is 9.69 Å². The van der Waals surface area contributed by atoms with Gasteiger partial charge in [-0.15, -0.1) is 11.3 Å². The van der Waals surface area contributed by atoms with Crippen molar-refractivity contribution < 1.29 is 13.9 Å². The number of halogens is 1. The van der Waals surface area contributed by atoms with E-state index in [1.54, 1.807) is 17.0 Å². The fraction of sp³-hybridized carbons (Fsp3) is 0.292. The summed E-state index contributed by atoms with van der Waals surface area (Å²) >= 11 is 3.02. The second kappa shape index (κ2) is 9.05. The SMILES string of the molecule is Cc1nc(-c2ccc(F)cc2)c(CC(=O)N(C[C@@H]2CCCO2)c2nc3ccccc3s2)s1. The van der Waals surface area contributed by atoms with Gasteiger partial charge in [0.25, 0.3) is 0 Å². The number of carbonyl (C=O) groups excluding carboxylic acids is 1. The predicted molar refractivity (Wildman–Crippen MR) is 127 cm³/mol. The second-order valence-corrected chi connectivity index (χ2v) is 10.1. The van der Waals surface area contributed by atoms with Crippen molar-refractivity contribution >= 4 is 43.9 Å². The third-order valence-electron chi connectivity index (χ3n) is 5.46. The van der Waals surface area contributed by atoms with Gasteiger partial charge < -0.3 is 4.74 Å². The minimum atomic E-state index is -0.295. The molecular weight excluding hydrogens is 445 g/mol. The summed E-state index contributed by atoms with van der Waals surface area (Å²) in [6.45, 7) is 3.14. The summed E-state index contributed by atoms with van der Waals surface area (Å²) in [7, 11) is 0. The number of amides is 1. The average molecular weight is 468 g/mol. The minimum Gasteiger partial charge on any atom is -0.376 e. The molecule has 1 amide bonds. The standard InChI is InChI=1S/C24H22FN3O2S2/c1-15-26-23(16-8-10-17(25)11-9-16)21(31-15)13-22(29)28(14-18-5-4-12-30-18)24-27-19-6-2-3-7-20(19)32-24/h2-3,6-11,18H,4-5,12-14H2,1H3/t18-/m0/s1. The molecule has 0 bridgehead atoms. The zero-order chi connectivity index (χ0) is 22.1. The molecule has 0 spiro atoms. The van der Waals surface area contributed by atoms with Crippen molar-refractivity contribution in [2.24, 2.45) is 0 Å². The van der Waals surface area contributed by atoms with E-state index in [2.05, 4.69) is 4.98 Å². The van der Waals surface area contributed by atoms with E-state index >= 15 is 0 Å². The highest BCUT2D eigenvalue weighted by Crippen LogP contribution is 2.33. The number of nitrogens with zero attached hydrogens (tertiary/aromatic N) is 3. The van der Waals surface area contributed by atoms with E-state index in [0.717, 1.165) is 50.8 Å². The van der Waals surface area contributed by atoms with E-state index in [1.807, 2.05) is 31.2 Å². The van der Waals surface area contributed by atoms with Gasteiger partial charge in [0.05, 0.1) is 40.0 Å². The number of anilines is 1. The lowest BCUT2D eigenvalue weighted by atomic mass is 10.1. The Bertz CT molecular complexity index is 1210. The largest absolute Gasteiger partial charge is 0.376 e. The Morgan fingerprint density at radius 2 is 1.97 bits per heavy atom. The Hall–Kier alpha value is -2.68. The van der Waals surface area contributed by atoms with E-state index in [1.165, 1.54) is 34.8 Å². The van der Waals surface area contributed by atoms with Crippen LogP contribution in [0.3, 0.4) is 0 Å². The van der Waals surface area contributed by atoms with Crippen LogP contribution in [0.15, 0.2) is 48.5 Å². The molecule has 5 nitrogen and oxygen atoms in total. The van der Waals surface area contributed by atoms with Crippen LogP contribution in [0.1, 0.15) is 22.7 Å². The molecule has 3 heterocycles. The van der Waals surface area contributed by atoms with Crippen LogP contribution in [0, 0.1) is 12.7 Å². The molecule has 0 saturated carbocycles. The Morgan fingerprint density at radius 1 is 1.16 bits per heavy atom. The molecule has 2 aromatic heterocycles. The summed E-state index contributed by atoms with van der Waals surface area (Å²) in [6.07, 6.45) is 2.18. The number of benzene rings is 2. The maximum atomic E-state index is 13.6. The number of para-hydroxylation sites is 1. The first-order valence-corrected chi connectivity index (χ1v) is 12.2. The third kappa shape index (κ3) is 4.44. The van der Waals surface area contributed by atoms with Crippen LogP contribution in [0.4, 0.5) is 9.52 Å². The molecule has 0 radical (unpaired) electrons. The van der Waals surface area contributed by atoms with Gasteiger partial charge in [-0.1, -0.05) is 23.5 Å². The fourth-order valence-corrected chi connectivity index (χ4v) is 5.85. The quantitative estimate of drug-likeness (QED) is 0.369. The average Bonchev–Trinajstić information content (AvgIpc) is 3.52. The number of hydrogen-bond donors (Lipinski definition) is 0. The van der Waals surface area contributed by atoms with E-state index in [-0.39, 0.29) is 24.2 Å². The molecule has 0 unspecified atom stereocenters. The van der Waals surface area contributed by atoms with E-state index < -0.39 is 0 Å². The minimum absolute atomic E-state index is 0.0192. The third-order valence-corrected chi connectivity index (χ3v) is 7.49. The van der Waals surface area contributed by atoms with Crippen LogP contribution in [0.2, 0.25) is 0 Å². The zero-order valence-electron chi connectivity index (χ0n) is 17.6. The van der Waals surface area contributed by atoms with Gasteiger partial charge in [-0.05, 0) is 56.2 Å². The first-order chi connectivity index (χ1) is 15.6. The van der Waals surface area contributed by atoms with Gasteiger partial charge in [0, 0.05) is 17.0 Å². The summed E-state index contributed by atoms with van der Waals surface area (Å²) in [5.41, 5.74) is 2.43. The molecule has 2 aromatic carbocycles. The lowest BCUT2D eigenvalue weighted by molar-refractivity contribution is -0.118. The van der Waals surface area contributed by atoms with E-state index in [9.17, 15) is 9.18 Å². The first-order valence-electron chi connectivity index (χ1n) is 10.6. The van der Waals surface area contributed by atoms with Crippen molar-refractivity contribution in [3.8, 4) is 11.3 Å². The highest BCUT2D eigenvalue weighted by molar-refractivity contribution is 7.22. The van der Waals surface area contributed by atoms with Crippen molar-refractivity contribution in [2.45, 2.75) is 32.3 Å². The summed E-state index contributed by atoms with van der Waals surface area (Å²) < 4.78 is 20.3. The molecule has 1 aliphatic heterocycles. The maximum Gasteiger partial charge on any atom is 0.234 e. The van der Waals surface area contributed by atoms with Gasteiger partial charge >= 0.3 is 0 Å². The molecule has 1 fully saturated rings. The molecule has 1 atom stereocenters. The summed E-state index contributed by atoms with van der Waals surface area (Å²) in [6, 6.07) is 14.2. The molecule has 5 rings (SSSR count). The van der Waals surface area contributed by atoms with Crippen LogP contribution >= 0.6 is 22.7 Å². The summed E-state index contributed by atoms with van der Waals surface area (Å²) in [5, 5.41) is 1.56. The van der Waals surface area contributed by atoms with Gasteiger partial charge in [0.1, 0.15) is 5.82 Å². The van der Waals surface area contributed by atoms with Crippen molar-refractivity contribution in [2.75, 3.05) is 18.1 Å². The van der Waals surface area contributed by atoms with Crippen molar-refractivity contribution in [1.29, 1.82) is 0 Å². The highest BCUT2D eigenvalue weighted by Gasteiger charge is 2.27. The fourth-order valence-electron chi connectivity index (χ4n) is 3.91. The molecule has 32 heavy (non-hydrogen) atoms. The molecule has 1 aliphatic rings. The molecule has 0 aliphatic carbocycles. The topological polar surface area (TPSA) is 55.3 Å². The highest BCUT2D eigenvalue weighted by atomic mass is 32.1. The number of ether oxygens (including phenoxy) is 1. The number of carbonyl (C=O) groups is 1. The van der Waals surface area contributed by atoms with Crippen LogP contribution in [-0.4, -0.2) is 35.1 Å². The molecule has 164 valence electrons. The number of hydrogen-bond acceptors (Lipinski definition) is 6. The number of aryl methyl sites for hydroxylation is 1. The number of aromatic nitrogens is 2. The van der Waals surface area contributed by atoms with Gasteiger partial charge in [-0.25, -0.2) is 14.4 Å². The van der Waals surface area contributed by atoms with E-state index in [0.29, 0.717) is 11.7 Å². The normalized spacial score (nSPS) is 16.0. The second-order valence-electron chi connectivity index (χ2n) is 7.79. The zero-order valence-corrected chi connectivity index (χ0v) is 19.2. The predicted octanol–water partition coefficient (Wildman–Crippen LogP) is 5.62. The molecule has 8 heteroatoms. The van der Waals surface area contributed by atoms with Gasteiger partial charge in [-0.2, -0.15) is 0 Å². The monoisotopic (exact) mass is 467 g/mol. The first kappa shape index (κ1) is 21.2. The lowest BCUT2D eigenvalue weighted by Gasteiger charge is -2.23. The van der Waals surface area contributed by atoms with Crippen molar-refractivity contribution in [3.63, 3.8) is 0 Å². The Balaban J connectivity index is 1.46. The number of fused-ring (bicyclic) bond motifs is 1. The van der Waals surface area contributed by atoms with Crippen molar-refractivity contribution in [3.05, 3.63) is 64.2 Å². The Labute approximate surface area is 193 Å². The smallest absolute Gasteiger partial charge is 0.234 e. The number of rotatable bonds is 6.